The van der Waals surface area contributed by atoms with Crippen LogP contribution in [0.3, 0.4) is 0 Å². The molecule has 0 aliphatic heterocycles. The Morgan fingerprint density at radius 1 is 0.881 bits per heavy atom. The van der Waals surface area contributed by atoms with Gasteiger partial charge in [0.05, 0.1) is 34.3 Å². The van der Waals surface area contributed by atoms with Crippen molar-refractivity contribution >= 4 is 25.2 Å². The van der Waals surface area contributed by atoms with E-state index < -0.39 is 13.9 Å². The van der Waals surface area contributed by atoms with E-state index >= 15 is 0 Å². The average molecular weight is 633 g/mol. The van der Waals surface area contributed by atoms with Crippen LogP contribution in [-0.4, -0.2) is 77.0 Å². The van der Waals surface area contributed by atoms with E-state index in [1.807, 2.05) is 21.1 Å². The van der Waals surface area contributed by atoms with Crippen LogP contribution in [0.2, 0.25) is 5.02 Å². The monoisotopic (exact) mass is 632 g/mol. The Morgan fingerprint density at radius 3 is 1.93 bits per heavy atom. The molecule has 0 saturated heterocycles. The largest absolute Gasteiger partial charge is 0.756 e. The van der Waals surface area contributed by atoms with Gasteiger partial charge in [-0.3, -0.25) is 9.36 Å². The molecular formula is C32H58ClN2O6P. The van der Waals surface area contributed by atoms with Crippen molar-refractivity contribution in [1.82, 2.24) is 5.32 Å². The zero-order valence-electron chi connectivity index (χ0n) is 26.8. The van der Waals surface area contributed by atoms with E-state index in [2.05, 4.69) is 12.2 Å². The average Bonchev–Trinajstić information content (AvgIpc) is 2.92. The molecule has 1 aromatic rings. The van der Waals surface area contributed by atoms with E-state index in [1.54, 1.807) is 24.3 Å². The highest BCUT2D eigenvalue weighted by Gasteiger charge is 2.20. The summed E-state index contributed by atoms with van der Waals surface area (Å²) < 4.78 is 29.2. The number of carbonyl (C=O) groups is 1. The van der Waals surface area contributed by atoms with E-state index in [1.165, 1.54) is 77.0 Å². The first-order chi connectivity index (χ1) is 20.0. The van der Waals surface area contributed by atoms with E-state index in [0.29, 0.717) is 28.2 Å². The number of quaternary nitrogens is 1. The standard InChI is InChI=1S/C32H58ClN2O6P/c1-5-6-7-8-9-10-11-12-13-14-15-16-17-18-24-39-28-31(41-42(37,38)40-25-23-35(2,3)4)26-34-27-32(36)29-19-21-30(33)22-20-29/h19-22,31,34H,5-18,23-28H2,1-4H3. The van der Waals surface area contributed by atoms with Crippen LogP contribution in [-0.2, 0) is 18.3 Å². The van der Waals surface area contributed by atoms with Crippen molar-refractivity contribution in [1.29, 1.82) is 0 Å². The van der Waals surface area contributed by atoms with Crippen molar-refractivity contribution in [3.05, 3.63) is 34.9 Å². The highest BCUT2D eigenvalue weighted by atomic mass is 35.5. The molecule has 10 heteroatoms. The molecule has 0 fully saturated rings. The molecule has 0 aliphatic carbocycles. The highest BCUT2D eigenvalue weighted by molar-refractivity contribution is 7.45. The molecule has 0 amide bonds. The number of hydrogen-bond acceptors (Lipinski definition) is 7. The van der Waals surface area contributed by atoms with Gasteiger partial charge in [0.2, 0.25) is 0 Å². The molecule has 0 radical (unpaired) electrons. The van der Waals surface area contributed by atoms with Crippen LogP contribution in [0.25, 0.3) is 0 Å². The van der Waals surface area contributed by atoms with Crippen LogP contribution < -0.4 is 10.2 Å². The Bertz CT molecular complexity index is 866. The van der Waals surface area contributed by atoms with Gasteiger partial charge in [0.15, 0.2) is 5.78 Å². The van der Waals surface area contributed by atoms with Crippen LogP contribution in [0.4, 0.5) is 0 Å². The number of Topliss-reactive ketones (excluding diaryl/α,β-unsaturated/α-hetero) is 1. The van der Waals surface area contributed by atoms with Crippen molar-refractivity contribution in [2.24, 2.45) is 0 Å². The number of unbranched alkanes of at least 4 members (excludes halogenated alkanes) is 13. The van der Waals surface area contributed by atoms with Gasteiger partial charge in [0.25, 0.3) is 7.82 Å². The maximum Gasteiger partial charge on any atom is 0.268 e. The maximum absolute atomic E-state index is 12.5. The summed E-state index contributed by atoms with van der Waals surface area (Å²) in [6.07, 6.45) is 17.2. The molecule has 2 atom stereocenters. The molecule has 0 spiro atoms. The zero-order chi connectivity index (χ0) is 31.1. The third kappa shape index (κ3) is 22.7. The molecule has 0 bridgehead atoms. The van der Waals surface area contributed by atoms with Gasteiger partial charge in [-0.1, -0.05) is 102 Å². The normalized spacial score (nSPS) is 14.1. The number of ketones is 1. The minimum absolute atomic E-state index is 0.0272. The lowest BCUT2D eigenvalue weighted by Gasteiger charge is -2.30. The lowest BCUT2D eigenvalue weighted by molar-refractivity contribution is -0.870. The van der Waals surface area contributed by atoms with Gasteiger partial charge in [0, 0.05) is 23.7 Å². The van der Waals surface area contributed by atoms with Gasteiger partial charge < -0.3 is 28.5 Å². The van der Waals surface area contributed by atoms with Crippen molar-refractivity contribution in [2.45, 2.75) is 103 Å². The molecule has 1 aromatic carbocycles. The predicted molar refractivity (Wildman–Crippen MR) is 171 cm³/mol. The Hall–Kier alpha value is -0.830. The molecular weight excluding hydrogens is 575 g/mol. The summed E-state index contributed by atoms with van der Waals surface area (Å²) in [6, 6.07) is 6.64. The fraction of sp³-hybridized carbons (Fsp3) is 0.781. The number of benzene rings is 1. The van der Waals surface area contributed by atoms with Crippen molar-refractivity contribution in [2.75, 3.05) is 60.6 Å². The number of carbonyl (C=O) groups excluding carboxylic acids is 1. The van der Waals surface area contributed by atoms with Crippen LogP contribution in [0.15, 0.2) is 24.3 Å². The summed E-state index contributed by atoms with van der Waals surface area (Å²) >= 11 is 5.90. The minimum Gasteiger partial charge on any atom is -0.756 e. The number of rotatable bonds is 28. The van der Waals surface area contributed by atoms with E-state index in [-0.39, 0.29) is 32.1 Å². The number of ether oxygens (including phenoxy) is 1. The molecule has 8 nitrogen and oxygen atoms in total. The first-order valence-corrected chi connectivity index (χ1v) is 17.9. The molecule has 42 heavy (non-hydrogen) atoms. The Labute approximate surface area is 261 Å². The van der Waals surface area contributed by atoms with Crippen molar-refractivity contribution in [3.8, 4) is 0 Å². The van der Waals surface area contributed by atoms with E-state index in [4.69, 9.17) is 25.4 Å². The summed E-state index contributed by atoms with van der Waals surface area (Å²) in [5.41, 5.74) is 0.525. The number of halogens is 1. The van der Waals surface area contributed by atoms with Gasteiger partial charge >= 0.3 is 0 Å². The second-order valence-electron chi connectivity index (χ2n) is 12.3. The second-order valence-corrected chi connectivity index (χ2v) is 14.1. The van der Waals surface area contributed by atoms with Crippen molar-refractivity contribution < 1.29 is 32.5 Å². The fourth-order valence-electron chi connectivity index (χ4n) is 4.46. The van der Waals surface area contributed by atoms with Gasteiger partial charge in [-0.2, -0.15) is 0 Å². The summed E-state index contributed by atoms with van der Waals surface area (Å²) in [6.45, 7) is 3.59. The predicted octanol–water partition coefficient (Wildman–Crippen LogP) is 7.19. The van der Waals surface area contributed by atoms with Gasteiger partial charge in [-0.15, -0.1) is 0 Å². The Morgan fingerprint density at radius 2 is 1.40 bits per heavy atom. The molecule has 244 valence electrons. The van der Waals surface area contributed by atoms with Crippen LogP contribution >= 0.6 is 19.4 Å². The molecule has 0 heterocycles. The molecule has 2 unspecified atom stereocenters. The van der Waals surface area contributed by atoms with E-state index in [0.717, 1.165) is 12.8 Å². The summed E-state index contributed by atoms with van der Waals surface area (Å²) in [7, 11) is 1.33. The van der Waals surface area contributed by atoms with Crippen molar-refractivity contribution in [3.63, 3.8) is 0 Å². The summed E-state index contributed by atoms with van der Waals surface area (Å²) in [4.78, 5) is 24.9. The fourth-order valence-corrected chi connectivity index (χ4v) is 5.46. The Kier molecular flexibility index (Phi) is 22.0. The number of nitrogens with one attached hydrogen (secondary N) is 1. The van der Waals surface area contributed by atoms with Crippen LogP contribution in [0.5, 0.6) is 0 Å². The lowest BCUT2D eigenvalue weighted by atomic mass is 10.0. The maximum atomic E-state index is 12.5. The Balaban J connectivity index is 2.30. The topological polar surface area (TPSA) is 96.9 Å². The zero-order valence-corrected chi connectivity index (χ0v) is 28.4. The van der Waals surface area contributed by atoms with Crippen LogP contribution in [0.1, 0.15) is 107 Å². The smallest absolute Gasteiger partial charge is 0.268 e. The molecule has 1 rings (SSSR count). The van der Waals surface area contributed by atoms with E-state index in [9.17, 15) is 14.3 Å². The first kappa shape index (κ1) is 39.2. The summed E-state index contributed by atoms with van der Waals surface area (Å²) in [5.74, 6) is -0.127. The third-order valence-corrected chi connectivity index (χ3v) is 8.37. The second kappa shape index (κ2) is 23.5. The SMILES string of the molecule is CCCCCCCCCCCCCCCCOCC(CNCC(=O)c1ccc(Cl)cc1)OP(=O)([O-])OCC[N+](C)(C)C. The summed E-state index contributed by atoms with van der Waals surface area (Å²) in [5, 5.41) is 3.56. The number of phosphoric acid groups is 1. The minimum atomic E-state index is -4.53. The molecule has 0 aromatic heterocycles. The molecule has 0 saturated carbocycles. The number of phosphoric ester groups is 1. The number of hydrogen-bond donors (Lipinski definition) is 1. The van der Waals surface area contributed by atoms with Gasteiger partial charge in [0.1, 0.15) is 19.3 Å². The quantitative estimate of drug-likeness (QED) is 0.0452. The van der Waals surface area contributed by atoms with Gasteiger partial charge in [-0.05, 0) is 30.7 Å². The number of likely N-dealkylation sites (N-methyl/N-ethyl adjacent to an activating group) is 1. The van der Waals surface area contributed by atoms with Crippen LogP contribution in [0, 0.1) is 0 Å². The first-order valence-electron chi connectivity index (χ1n) is 16.0. The molecule has 0 aliphatic rings. The lowest BCUT2D eigenvalue weighted by Crippen LogP contribution is -2.38. The number of nitrogens with zero attached hydrogens (tertiary/aromatic N) is 1. The van der Waals surface area contributed by atoms with Gasteiger partial charge in [-0.25, -0.2) is 0 Å². The highest BCUT2D eigenvalue weighted by Crippen LogP contribution is 2.39. The molecule has 1 N–H and O–H groups in total. The third-order valence-electron chi connectivity index (χ3n) is 7.06.